The highest BCUT2D eigenvalue weighted by Crippen LogP contribution is 2.28. The van der Waals surface area contributed by atoms with Crippen molar-refractivity contribution in [3.8, 4) is 0 Å². The molecule has 0 aromatic rings. The first-order chi connectivity index (χ1) is 8.91. The summed E-state index contributed by atoms with van der Waals surface area (Å²) in [6.45, 7) is 2.29. The monoisotopic (exact) mass is 270 g/mol. The van der Waals surface area contributed by atoms with E-state index in [2.05, 4.69) is 5.32 Å². The Kier molecular flexibility index (Phi) is 5.79. The lowest BCUT2D eigenvalue weighted by atomic mass is 10.1. The molecule has 0 radical (unpaired) electrons. The van der Waals surface area contributed by atoms with E-state index in [-0.39, 0.29) is 24.3 Å². The first-order valence-corrected chi connectivity index (χ1v) is 6.66. The van der Waals surface area contributed by atoms with Crippen molar-refractivity contribution in [1.29, 1.82) is 0 Å². The van der Waals surface area contributed by atoms with Crippen LogP contribution in [0.25, 0.3) is 0 Å². The fourth-order valence-electron chi connectivity index (χ4n) is 1.72. The SMILES string of the molecule is CC(CN(C)C(=O)CCCNC(=O)C1CC1)C(=O)O. The van der Waals surface area contributed by atoms with Gasteiger partial charge in [-0.3, -0.25) is 14.4 Å². The van der Waals surface area contributed by atoms with Crippen LogP contribution < -0.4 is 5.32 Å². The van der Waals surface area contributed by atoms with E-state index >= 15 is 0 Å². The highest BCUT2D eigenvalue weighted by Gasteiger charge is 2.29. The zero-order valence-electron chi connectivity index (χ0n) is 11.5. The fraction of sp³-hybridized carbons (Fsp3) is 0.769. The van der Waals surface area contributed by atoms with Crippen LogP contribution in [0.5, 0.6) is 0 Å². The predicted molar refractivity (Wildman–Crippen MR) is 69.4 cm³/mol. The molecule has 1 fully saturated rings. The van der Waals surface area contributed by atoms with Gasteiger partial charge in [0.05, 0.1) is 5.92 Å². The zero-order valence-corrected chi connectivity index (χ0v) is 11.5. The molecule has 1 saturated carbocycles. The van der Waals surface area contributed by atoms with Crippen molar-refractivity contribution in [2.45, 2.75) is 32.6 Å². The van der Waals surface area contributed by atoms with Crippen LogP contribution in [0, 0.1) is 11.8 Å². The Morgan fingerprint density at radius 3 is 2.53 bits per heavy atom. The minimum Gasteiger partial charge on any atom is -0.481 e. The highest BCUT2D eigenvalue weighted by molar-refractivity contribution is 5.81. The second kappa shape index (κ2) is 7.11. The molecule has 0 aromatic heterocycles. The van der Waals surface area contributed by atoms with Gasteiger partial charge in [-0.1, -0.05) is 6.92 Å². The third-order valence-corrected chi connectivity index (χ3v) is 3.21. The number of nitrogens with zero attached hydrogens (tertiary/aromatic N) is 1. The maximum Gasteiger partial charge on any atom is 0.308 e. The molecule has 1 atom stereocenters. The second-order valence-corrected chi connectivity index (χ2v) is 5.18. The molecule has 2 amide bonds. The Bertz CT molecular complexity index is 353. The summed E-state index contributed by atoms with van der Waals surface area (Å²) in [6, 6.07) is 0. The first kappa shape index (κ1) is 15.5. The van der Waals surface area contributed by atoms with Crippen LogP contribution >= 0.6 is 0 Å². The van der Waals surface area contributed by atoms with Gasteiger partial charge in [0.15, 0.2) is 0 Å². The number of carboxylic acid groups (broad SMARTS) is 1. The molecule has 1 unspecified atom stereocenters. The normalized spacial score (nSPS) is 15.7. The van der Waals surface area contributed by atoms with Crippen molar-refractivity contribution in [3.63, 3.8) is 0 Å². The standard InChI is InChI=1S/C13H22N2O4/c1-9(13(18)19)8-15(2)11(16)4-3-7-14-12(17)10-5-6-10/h9-10H,3-8H2,1-2H3,(H,14,17)(H,18,19). The summed E-state index contributed by atoms with van der Waals surface area (Å²) in [4.78, 5) is 35.2. The number of aliphatic carboxylic acids is 1. The van der Waals surface area contributed by atoms with Crippen LogP contribution in [0.2, 0.25) is 0 Å². The molecule has 0 aromatic carbocycles. The van der Waals surface area contributed by atoms with Gasteiger partial charge in [0, 0.05) is 32.5 Å². The largest absolute Gasteiger partial charge is 0.481 e. The Hall–Kier alpha value is -1.59. The van der Waals surface area contributed by atoms with Gasteiger partial charge in [0.2, 0.25) is 11.8 Å². The van der Waals surface area contributed by atoms with E-state index in [9.17, 15) is 14.4 Å². The average molecular weight is 270 g/mol. The van der Waals surface area contributed by atoms with E-state index < -0.39 is 11.9 Å². The van der Waals surface area contributed by atoms with Crippen LogP contribution in [0.4, 0.5) is 0 Å². The number of hydrogen-bond acceptors (Lipinski definition) is 3. The lowest BCUT2D eigenvalue weighted by molar-refractivity contribution is -0.142. The van der Waals surface area contributed by atoms with Crippen molar-refractivity contribution in [1.82, 2.24) is 10.2 Å². The molecule has 1 aliphatic carbocycles. The summed E-state index contributed by atoms with van der Waals surface area (Å²) in [5, 5.41) is 11.6. The number of rotatable bonds is 8. The first-order valence-electron chi connectivity index (χ1n) is 6.66. The molecule has 6 nitrogen and oxygen atoms in total. The van der Waals surface area contributed by atoms with Gasteiger partial charge in [-0.25, -0.2) is 0 Å². The third-order valence-electron chi connectivity index (χ3n) is 3.21. The summed E-state index contributed by atoms with van der Waals surface area (Å²) >= 11 is 0. The van der Waals surface area contributed by atoms with Crippen LogP contribution in [0.15, 0.2) is 0 Å². The molecule has 0 saturated heterocycles. The minimum absolute atomic E-state index is 0.0836. The molecule has 6 heteroatoms. The van der Waals surface area contributed by atoms with E-state index in [1.54, 1.807) is 14.0 Å². The third kappa shape index (κ3) is 5.72. The van der Waals surface area contributed by atoms with E-state index in [4.69, 9.17) is 5.11 Å². The number of carboxylic acids is 1. The van der Waals surface area contributed by atoms with Gasteiger partial charge in [-0.05, 0) is 19.3 Å². The Labute approximate surface area is 113 Å². The van der Waals surface area contributed by atoms with Crippen LogP contribution in [-0.4, -0.2) is 47.9 Å². The zero-order chi connectivity index (χ0) is 14.4. The summed E-state index contributed by atoms with van der Waals surface area (Å²) in [7, 11) is 1.60. The number of nitrogens with one attached hydrogen (secondary N) is 1. The van der Waals surface area contributed by atoms with E-state index in [0.717, 1.165) is 12.8 Å². The second-order valence-electron chi connectivity index (χ2n) is 5.18. The summed E-state index contributed by atoms with van der Waals surface area (Å²) in [5.41, 5.74) is 0. The number of carbonyl (C=O) groups is 3. The Balaban J connectivity index is 2.12. The Morgan fingerprint density at radius 1 is 1.37 bits per heavy atom. The van der Waals surface area contributed by atoms with E-state index in [1.165, 1.54) is 4.90 Å². The summed E-state index contributed by atoms with van der Waals surface area (Å²) in [5.74, 6) is -1.29. The number of carbonyl (C=O) groups excluding carboxylic acids is 2. The lowest BCUT2D eigenvalue weighted by Gasteiger charge is -2.19. The summed E-state index contributed by atoms with van der Waals surface area (Å²) in [6.07, 6.45) is 2.86. The molecular weight excluding hydrogens is 248 g/mol. The Morgan fingerprint density at radius 2 is 2.00 bits per heavy atom. The quantitative estimate of drug-likeness (QED) is 0.628. The predicted octanol–water partition coefficient (Wildman–Crippen LogP) is 0.472. The van der Waals surface area contributed by atoms with Crippen LogP contribution in [0.1, 0.15) is 32.6 Å². The van der Waals surface area contributed by atoms with E-state index in [1.807, 2.05) is 0 Å². The molecule has 0 aliphatic heterocycles. The average Bonchev–Trinajstić information content (AvgIpc) is 3.17. The molecule has 0 heterocycles. The van der Waals surface area contributed by atoms with Crippen molar-refractivity contribution >= 4 is 17.8 Å². The van der Waals surface area contributed by atoms with Crippen molar-refractivity contribution in [2.75, 3.05) is 20.1 Å². The highest BCUT2D eigenvalue weighted by atomic mass is 16.4. The van der Waals surface area contributed by atoms with Crippen molar-refractivity contribution < 1.29 is 19.5 Å². The number of amides is 2. The van der Waals surface area contributed by atoms with Gasteiger partial charge in [-0.2, -0.15) is 0 Å². The fourth-order valence-corrected chi connectivity index (χ4v) is 1.72. The molecular formula is C13H22N2O4. The minimum atomic E-state index is -0.906. The van der Waals surface area contributed by atoms with Crippen molar-refractivity contribution in [3.05, 3.63) is 0 Å². The van der Waals surface area contributed by atoms with Crippen molar-refractivity contribution in [2.24, 2.45) is 11.8 Å². The maximum absolute atomic E-state index is 11.7. The van der Waals surface area contributed by atoms with Crippen LogP contribution in [-0.2, 0) is 14.4 Å². The van der Waals surface area contributed by atoms with Gasteiger partial charge in [0.25, 0.3) is 0 Å². The summed E-state index contributed by atoms with van der Waals surface area (Å²) < 4.78 is 0. The lowest BCUT2D eigenvalue weighted by Crippen LogP contribution is -2.34. The smallest absolute Gasteiger partial charge is 0.308 e. The maximum atomic E-state index is 11.7. The van der Waals surface area contributed by atoms with Crippen LogP contribution in [0.3, 0.4) is 0 Å². The molecule has 19 heavy (non-hydrogen) atoms. The molecule has 1 aliphatic rings. The van der Waals surface area contributed by atoms with Gasteiger partial charge >= 0.3 is 5.97 Å². The molecule has 2 N–H and O–H groups in total. The molecule has 1 rings (SSSR count). The topological polar surface area (TPSA) is 86.7 Å². The van der Waals surface area contributed by atoms with Gasteiger partial charge < -0.3 is 15.3 Å². The van der Waals surface area contributed by atoms with Gasteiger partial charge in [0.1, 0.15) is 0 Å². The molecule has 0 bridgehead atoms. The van der Waals surface area contributed by atoms with Gasteiger partial charge in [-0.15, -0.1) is 0 Å². The van der Waals surface area contributed by atoms with E-state index in [0.29, 0.717) is 19.4 Å². The molecule has 0 spiro atoms. The molecule has 108 valence electrons. The number of hydrogen-bond donors (Lipinski definition) is 2.